The van der Waals surface area contributed by atoms with E-state index >= 15 is 0 Å². The van der Waals surface area contributed by atoms with Crippen LogP contribution in [-0.4, -0.2) is 22.3 Å². The average Bonchev–Trinajstić information content (AvgIpc) is 2.85. The van der Waals surface area contributed by atoms with Crippen LogP contribution in [0.2, 0.25) is 5.02 Å². The van der Waals surface area contributed by atoms with E-state index in [2.05, 4.69) is 20.9 Å². The molecule has 0 N–H and O–H groups in total. The molecule has 0 bridgehead atoms. The van der Waals surface area contributed by atoms with Gasteiger partial charge in [-0.25, -0.2) is 0 Å². The van der Waals surface area contributed by atoms with Crippen molar-refractivity contribution in [3.63, 3.8) is 0 Å². The van der Waals surface area contributed by atoms with Gasteiger partial charge in [0.15, 0.2) is 6.10 Å². The van der Waals surface area contributed by atoms with Gasteiger partial charge in [-0.3, -0.25) is 4.57 Å². The molecule has 0 aliphatic carbocycles. The minimum atomic E-state index is -0.00345. The number of fused-ring (bicyclic) bond motifs is 1. The van der Waals surface area contributed by atoms with E-state index < -0.39 is 0 Å². The van der Waals surface area contributed by atoms with Crippen molar-refractivity contribution < 1.29 is 9.47 Å². The molecule has 1 aromatic carbocycles. The topological polar surface area (TPSA) is 36.3 Å². The maximum absolute atomic E-state index is 5.80. The Morgan fingerprint density at radius 1 is 1.44 bits per heavy atom. The zero-order valence-electron chi connectivity index (χ0n) is 9.35. The first-order chi connectivity index (χ1) is 8.70. The normalized spacial score (nSPS) is 17.3. The van der Waals surface area contributed by atoms with Crippen LogP contribution < -0.4 is 9.47 Å². The Hall–Kier alpha value is -1.20. The largest absolute Gasteiger partial charge is 0.490 e. The van der Waals surface area contributed by atoms with E-state index in [9.17, 15) is 0 Å². The molecule has 94 valence electrons. The maximum atomic E-state index is 5.80. The fraction of sp³-hybridized carbons (Fsp3) is 0.250. The molecule has 1 atom stereocenters. The van der Waals surface area contributed by atoms with Gasteiger partial charge in [-0.2, -0.15) is 4.98 Å². The summed E-state index contributed by atoms with van der Waals surface area (Å²) >= 11 is 9.11. The number of rotatable bonds is 3. The van der Waals surface area contributed by atoms with Gasteiger partial charge in [-0.1, -0.05) is 11.6 Å². The minimum Gasteiger partial charge on any atom is -0.490 e. The van der Waals surface area contributed by atoms with Crippen LogP contribution in [0.25, 0.3) is 0 Å². The summed E-state index contributed by atoms with van der Waals surface area (Å²) < 4.78 is 14.0. The molecule has 0 fully saturated rings. The van der Waals surface area contributed by atoms with E-state index in [-0.39, 0.29) is 6.10 Å². The van der Waals surface area contributed by atoms with Gasteiger partial charge in [0.1, 0.15) is 17.0 Å². The second-order valence-electron chi connectivity index (χ2n) is 4.00. The molecule has 0 saturated heterocycles. The summed E-state index contributed by atoms with van der Waals surface area (Å²) in [5.74, 6) is 0.786. The Labute approximate surface area is 118 Å². The molecule has 1 aliphatic rings. The van der Waals surface area contributed by atoms with Crippen LogP contribution in [0.5, 0.6) is 11.8 Å². The lowest BCUT2D eigenvalue weighted by Gasteiger charge is -2.11. The van der Waals surface area contributed by atoms with Gasteiger partial charge in [0, 0.05) is 11.2 Å². The Kier molecular flexibility index (Phi) is 3.18. The van der Waals surface area contributed by atoms with Crippen molar-refractivity contribution in [1.82, 2.24) is 9.55 Å². The Balaban J connectivity index is 1.56. The molecule has 0 amide bonds. The van der Waals surface area contributed by atoms with E-state index in [4.69, 9.17) is 21.1 Å². The molecule has 1 aromatic heterocycles. The summed E-state index contributed by atoms with van der Waals surface area (Å²) in [5, 5.41) is 0.699. The van der Waals surface area contributed by atoms with Gasteiger partial charge in [-0.15, -0.1) is 0 Å². The van der Waals surface area contributed by atoms with Gasteiger partial charge in [0.25, 0.3) is 6.01 Å². The number of imidazole rings is 1. The van der Waals surface area contributed by atoms with E-state index in [1.54, 1.807) is 12.1 Å². The predicted octanol–water partition coefficient (Wildman–Crippen LogP) is 3.14. The quantitative estimate of drug-likeness (QED) is 0.868. The lowest BCUT2D eigenvalue weighted by molar-refractivity contribution is 0.143. The number of hydrogen-bond acceptors (Lipinski definition) is 3. The van der Waals surface area contributed by atoms with E-state index in [1.807, 2.05) is 22.9 Å². The molecule has 0 radical (unpaired) electrons. The van der Waals surface area contributed by atoms with Crippen molar-refractivity contribution in [2.24, 2.45) is 0 Å². The lowest BCUT2D eigenvalue weighted by Crippen LogP contribution is -2.23. The zero-order chi connectivity index (χ0) is 12.5. The van der Waals surface area contributed by atoms with Crippen molar-refractivity contribution in [3.05, 3.63) is 40.1 Å². The van der Waals surface area contributed by atoms with E-state index in [0.717, 1.165) is 16.9 Å². The van der Waals surface area contributed by atoms with Gasteiger partial charge in [0.05, 0.1) is 6.54 Å². The molecule has 0 spiro atoms. The van der Waals surface area contributed by atoms with Gasteiger partial charge >= 0.3 is 0 Å². The highest BCUT2D eigenvalue weighted by atomic mass is 79.9. The summed E-state index contributed by atoms with van der Waals surface area (Å²) in [6.45, 7) is 1.24. The molecule has 18 heavy (non-hydrogen) atoms. The third kappa shape index (κ3) is 2.47. The van der Waals surface area contributed by atoms with Crippen LogP contribution in [0.3, 0.4) is 0 Å². The lowest BCUT2D eigenvalue weighted by atomic mass is 10.3. The first-order valence-electron chi connectivity index (χ1n) is 5.48. The fourth-order valence-corrected chi connectivity index (χ4v) is 2.33. The maximum Gasteiger partial charge on any atom is 0.297 e. The predicted molar refractivity (Wildman–Crippen MR) is 71.3 cm³/mol. The van der Waals surface area contributed by atoms with E-state index in [1.165, 1.54) is 0 Å². The number of aromatic nitrogens is 2. The molecule has 4 nitrogen and oxygen atoms in total. The summed E-state index contributed by atoms with van der Waals surface area (Å²) in [6.07, 6.45) is 1.90. The molecule has 3 rings (SSSR count). The highest BCUT2D eigenvalue weighted by molar-refractivity contribution is 9.10. The number of ether oxygens (including phenoxy) is 2. The molecule has 0 unspecified atom stereocenters. The molecular formula is C12H10BrClN2O2. The first kappa shape index (κ1) is 11.9. The minimum absolute atomic E-state index is 0.00345. The van der Waals surface area contributed by atoms with Crippen LogP contribution in [0.15, 0.2) is 35.1 Å². The second-order valence-corrected chi connectivity index (χ2v) is 5.25. The fourth-order valence-electron chi connectivity index (χ4n) is 1.81. The van der Waals surface area contributed by atoms with Crippen LogP contribution in [-0.2, 0) is 6.54 Å². The Bertz CT molecular complexity index is 532. The Morgan fingerprint density at radius 3 is 2.94 bits per heavy atom. The highest BCUT2D eigenvalue weighted by Crippen LogP contribution is 2.24. The SMILES string of the molecule is Clc1ccc(OC[C@@H]2Cn3cc(Br)nc3O2)cc1. The van der Waals surface area contributed by atoms with Crippen LogP contribution in [0, 0.1) is 0 Å². The second kappa shape index (κ2) is 4.82. The van der Waals surface area contributed by atoms with Crippen LogP contribution in [0.1, 0.15) is 0 Å². The standard InChI is InChI=1S/C12H10BrClN2O2/c13-11-6-16-5-10(18-12(16)15-11)7-17-9-3-1-8(14)2-4-9/h1-4,6,10H,5,7H2/t10-/m0/s1. The third-order valence-corrected chi connectivity index (χ3v) is 3.27. The monoisotopic (exact) mass is 328 g/mol. The highest BCUT2D eigenvalue weighted by Gasteiger charge is 2.25. The van der Waals surface area contributed by atoms with Gasteiger partial charge in [0.2, 0.25) is 0 Å². The molecular weight excluding hydrogens is 320 g/mol. The molecule has 1 aliphatic heterocycles. The summed E-state index contributed by atoms with van der Waals surface area (Å²) in [5.41, 5.74) is 0. The smallest absolute Gasteiger partial charge is 0.297 e. The van der Waals surface area contributed by atoms with Crippen molar-refractivity contribution >= 4 is 27.5 Å². The summed E-state index contributed by atoms with van der Waals surface area (Å²) in [6, 6.07) is 7.91. The third-order valence-electron chi connectivity index (χ3n) is 2.63. The van der Waals surface area contributed by atoms with Crippen LogP contribution in [0.4, 0.5) is 0 Å². The van der Waals surface area contributed by atoms with E-state index in [0.29, 0.717) is 17.6 Å². The summed E-state index contributed by atoms with van der Waals surface area (Å²) in [4.78, 5) is 4.19. The van der Waals surface area contributed by atoms with Crippen molar-refractivity contribution in [1.29, 1.82) is 0 Å². The average molecular weight is 330 g/mol. The van der Waals surface area contributed by atoms with Gasteiger partial charge in [-0.05, 0) is 40.2 Å². The van der Waals surface area contributed by atoms with Crippen molar-refractivity contribution in [3.8, 4) is 11.8 Å². The summed E-state index contributed by atoms with van der Waals surface area (Å²) in [7, 11) is 0. The number of nitrogens with zero attached hydrogens (tertiary/aromatic N) is 2. The van der Waals surface area contributed by atoms with Crippen molar-refractivity contribution in [2.75, 3.05) is 6.61 Å². The van der Waals surface area contributed by atoms with Crippen molar-refractivity contribution in [2.45, 2.75) is 12.6 Å². The molecule has 2 heterocycles. The zero-order valence-corrected chi connectivity index (χ0v) is 11.7. The number of benzene rings is 1. The molecule has 0 saturated carbocycles. The Morgan fingerprint density at radius 2 is 2.22 bits per heavy atom. The number of hydrogen-bond donors (Lipinski definition) is 0. The molecule has 6 heteroatoms. The van der Waals surface area contributed by atoms with Crippen LogP contribution >= 0.6 is 27.5 Å². The van der Waals surface area contributed by atoms with Gasteiger partial charge < -0.3 is 9.47 Å². The molecule has 2 aromatic rings. The number of halogens is 2. The first-order valence-corrected chi connectivity index (χ1v) is 6.65.